The molecule has 1 aromatic carbocycles. The normalized spacial score (nSPS) is 10.6. The van der Waals surface area contributed by atoms with E-state index in [1.807, 2.05) is 0 Å². The lowest BCUT2D eigenvalue weighted by molar-refractivity contribution is -0.0498. The SMILES string of the molecule is Cc1ccc(C(=O)NCc2ccc(OC(F)F)cc2)o1. The van der Waals surface area contributed by atoms with Crippen molar-refractivity contribution in [2.24, 2.45) is 0 Å². The molecule has 0 fully saturated rings. The number of benzene rings is 1. The van der Waals surface area contributed by atoms with Crippen molar-refractivity contribution in [2.45, 2.75) is 20.1 Å². The second kappa shape index (κ2) is 6.18. The summed E-state index contributed by atoms with van der Waals surface area (Å²) in [5, 5.41) is 2.67. The van der Waals surface area contributed by atoms with Crippen LogP contribution in [0.1, 0.15) is 21.9 Å². The van der Waals surface area contributed by atoms with Crippen LogP contribution in [0.25, 0.3) is 0 Å². The summed E-state index contributed by atoms with van der Waals surface area (Å²) in [5.74, 6) is 0.645. The van der Waals surface area contributed by atoms with Gasteiger partial charge in [0.05, 0.1) is 0 Å². The van der Waals surface area contributed by atoms with E-state index < -0.39 is 6.61 Å². The molecule has 0 aliphatic heterocycles. The lowest BCUT2D eigenvalue weighted by Crippen LogP contribution is -2.22. The highest BCUT2D eigenvalue weighted by atomic mass is 19.3. The van der Waals surface area contributed by atoms with Crippen LogP contribution >= 0.6 is 0 Å². The van der Waals surface area contributed by atoms with E-state index in [1.54, 1.807) is 31.2 Å². The van der Waals surface area contributed by atoms with Crippen molar-refractivity contribution in [3.8, 4) is 5.75 Å². The summed E-state index contributed by atoms with van der Waals surface area (Å²) in [6.45, 7) is -0.825. The Morgan fingerprint density at radius 2 is 1.95 bits per heavy atom. The first kappa shape index (κ1) is 14.0. The maximum absolute atomic E-state index is 12.0. The number of alkyl halides is 2. The number of rotatable bonds is 5. The van der Waals surface area contributed by atoms with Crippen LogP contribution in [0.2, 0.25) is 0 Å². The van der Waals surface area contributed by atoms with Crippen LogP contribution in [0.4, 0.5) is 8.78 Å². The standard InChI is InChI=1S/C14H13F2NO3/c1-9-2-7-12(19-9)13(18)17-8-10-3-5-11(6-4-10)20-14(15)16/h2-7,14H,8H2,1H3,(H,17,18). The molecule has 0 saturated carbocycles. The van der Waals surface area contributed by atoms with Crippen LogP contribution in [-0.4, -0.2) is 12.5 Å². The fourth-order valence-electron chi connectivity index (χ4n) is 1.61. The molecule has 0 atom stereocenters. The van der Waals surface area contributed by atoms with Crippen LogP contribution < -0.4 is 10.1 Å². The van der Waals surface area contributed by atoms with Crippen molar-refractivity contribution < 1.29 is 22.7 Å². The van der Waals surface area contributed by atoms with Crippen molar-refractivity contribution in [3.63, 3.8) is 0 Å². The van der Waals surface area contributed by atoms with Gasteiger partial charge >= 0.3 is 6.61 Å². The molecule has 4 nitrogen and oxygen atoms in total. The average Bonchev–Trinajstić information content (AvgIpc) is 2.84. The molecular formula is C14H13F2NO3. The number of aryl methyl sites for hydroxylation is 1. The molecule has 0 saturated heterocycles. The molecule has 0 aliphatic rings. The number of carbonyl (C=O) groups is 1. The third-order valence-electron chi connectivity index (χ3n) is 2.57. The molecule has 0 unspecified atom stereocenters. The Morgan fingerprint density at radius 3 is 2.50 bits per heavy atom. The van der Waals surface area contributed by atoms with Gasteiger partial charge in [-0.15, -0.1) is 0 Å². The molecule has 0 radical (unpaired) electrons. The minimum atomic E-state index is -2.84. The molecule has 2 aromatic rings. The van der Waals surface area contributed by atoms with E-state index in [0.29, 0.717) is 5.76 Å². The largest absolute Gasteiger partial charge is 0.456 e. The summed E-state index contributed by atoms with van der Waals surface area (Å²) >= 11 is 0. The number of furan rings is 1. The molecule has 0 bridgehead atoms. The number of hydrogen-bond donors (Lipinski definition) is 1. The maximum atomic E-state index is 12.0. The zero-order chi connectivity index (χ0) is 14.5. The Bertz CT molecular complexity index is 578. The number of carbonyl (C=O) groups excluding carboxylic acids is 1. The average molecular weight is 281 g/mol. The van der Waals surface area contributed by atoms with Gasteiger partial charge in [0.15, 0.2) is 5.76 Å². The van der Waals surface area contributed by atoms with Gasteiger partial charge in [-0.3, -0.25) is 4.79 Å². The van der Waals surface area contributed by atoms with Crippen LogP contribution in [0.3, 0.4) is 0 Å². The minimum absolute atomic E-state index is 0.0803. The third kappa shape index (κ3) is 3.81. The molecule has 2 rings (SSSR count). The molecule has 20 heavy (non-hydrogen) atoms. The summed E-state index contributed by atoms with van der Waals surface area (Å²) in [6.07, 6.45) is 0. The van der Waals surface area contributed by atoms with Gasteiger partial charge in [0.2, 0.25) is 0 Å². The van der Waals surface area contributed by atoms with Crippen molar-refractivity contribution >= 4 is 5.91 Å². The van der Waals surface area contributed by atoms with Gasteiger partial charge < -0.3 is 14.5 Å². The first-order chi connectivity index (χ1) is 9.54. The predicted molar refractivity (Wildman–Crippen MR) is 67.7 cm³/mol. The molecule has 1 heterocycles. The number of halogens is 2. The summed E-state index contributed by atoms with van der Waals surface area (Å²) in [7, 11) is 0. The number of ether oxygens (including phenoxy) is 1. The fourth-order valence-corrected chi connectivity index (χ4v) is 1.61. The number of hydrogen-bond acceptors (Lipinski definition) is 3. The number of amides is 1. The van der Waals surface area contributed by atoms with E-state index in [2.05, 4.69) is 10.1 Å². The first-order valence-electron chi connectivity index (χ1n) is 5.93. The van der Waals surface area contributed by atoms with Gasteiger partial charge in [0, 0.05) is 6.54 Å². The van der Waals surface area contributed by atoms with Gasteiger partial charge in [0.1, 0.15) is 11.5 Å². The summed E-state index contributed by atoms with van der Waals surface area (Å²) in [6, 6.07) is 9.34. The molecule has 1 amide bonds. The summed E-state index contributed by atoms with van der Waals surface area (Å²) < 4.78 is 33.4. The van der Waals surface area contributed by atoms with Crippen LogP contribution in [0, 0.1) is 6.92 Å². The highest BCUT2D eigenvalue weighted by Crippen LogP contribution is 2.15. The Hall–Kier alpha value is -2.37. The monoisotopic (exact) mass is 281 g/mol. The van der Waals surface area contributed by atoms with Crippen molar-refractivity contribution in [2.75, 3.05) is 0 Å². The smallest absolute Gasteiger partial charge is 0.387 e. The van der Waals surface area contributed by atoms with Crippen LogP contribution in [-0.2, 0) is 6.54 Å². The van der Waals surface area contributed by atoms with E-state index in [0.717, 1.165) is 5.56 Å². The quantitative estimate of drug-likeness (QED) is 0.916. The highest BCUT2D eigenvalue weighted by Gasteiger charge is 2.09. The van der Waals surface area contributed by atoms with Crippen LogP contribution in [0.5, 0.6) is 5.75 Å². The minimum Gasteiger partial charge on any atom is -0.456 e. The molecule has 106 valence electrons. The molecule has 1 N–H and O–H groups in total. The van der Waals surface area contributed by atoms with Gasteiger partial charge in [-0.05, 0) is 36.8 Å². The lowest BCUT2D eigenvalue weighted by atomic mass is 10.2. The molecule has 1 aromatic heterocycles. The lowest BCUT2D eigenvalue weighted by Gasteiger charge is -2.06. The van der Waals surface area contributed by atoms with Crippen LogP contribution in [0.15, 0.2) is 40.8 Å². The maximum Gasteiger partial charge on any atom is 0.387 e. The second-order valence-corrected chi connectivity index (χ2v) is 4.12. The van der Waals surface area contributed by atoms with Crippen molar-refractivity contribution in [3.05, 3.63) is 53.5 Å². The Balaban J connectivity index is 1.89. The topological polar surface area (TPSA) is 51.5 Å². The van der Waals surface area contributed by atoms with Crippen molar-refractivity contribution in [1.82, 2.24) is 5.32 Å². The summed E-state index contributed by atoms with van der Waals surface area (Å²) in [5.41, 5.74) is 0.767. The first-order valence-corrected chi connectivity index (χ1v) is 5.93. The fraction of sp³-hybridized carbons (Fsp3) is 0.214. The number of nitrogens with one attached hydrogen (secondary N) is 1. The molecule has 6 heteroatoms. The van der Waals surface area contributed by atoms with E-state index >= 15 is 0 Å². The van der Waals surface area contributed by atoms with Crippen molar-refractivity contribution in [1.29, 1.82) is 0 Å². The van der Waals surface area contributed by atoms with Gasteiger partial charge in [-0.2, -0.15) is 8.78 Å². The highest BCUT2D eigenvalue weighted by molar-refractivity contribution is 5.91. The third-order valence-corrected chi connectivity index (χ3v) is 2.57. The van der Waals surface area contributed by atoms with E-state index in [9.17, 15) is 13.6 Å². The molecule has 0 aliphatic carbocycles. The zero-order valence-electron chi connectivity index (χ0n) is 10.7. The van der Waals surface area contributed by atoms with E-state index in [1.165, 1.54) is 12.1 Å². The van der Waals surface area contributed by atoms with E-state index in [-0.39, 0.29) is 24.0 Å². The van der Waals surface area contributed by atoms with Gasteiger partial charge in [-0.1, -0.05) is 12.1 Å². The van der Waals surface area contributed by atoms with Gasteiger partial charge in [0.25, 0.3) is 5.91 Å². The Morgan fingerprint density at radius 1 is 1.25 bits per heavy atom. The molecule has 0 spiro atoms. The Kier molecular flexibility index (Phi) is 4.34. The van der Waals surface area contributed by atoms with Gasteiger partial charge in [-0.25, -0.2) is 0 Å². The van der Waals surface area contributed by atoms with E-state index in [4.69, 9.17) is 4.42 Å². The predicted octanol–water partition coefficient (Wildman–Crippen LogP) is 3.12. The molecular weight excluding hydrogens is 268 g/mol. The second-order valence-electron chi connectivity index (χ2n) is 4.12. The zero-order valence-corrected chi connectivity index (χ0v) is 10.7. The Labute approximate surface area is 114 Å². The summed E-state index contributed by atoms with van der Waals surface area (Å²) in [4.78, 5) is 11.7.